The first-order chi connectivity index (χ1) is 13.6. The van der Waals surface area contributed by atoms with Crippen molar-refractivity contribution in [2.24, 2.45) is 0 Å². The molecule has 0 unspecified atom stereocenters. The highest BCUT2D eigenvalue weighted by atomic mass is 19.1. The number of ether oxygens (including phenoxy) is 2. The zero-order valence-corrected chi connectivity index (χ0v) is 17.3. The predicted octanol–water partition coefficient (Wildman–Crippen LogP) is 4.14. The molecule has 1 atom stereocenters. The number of hydrogen-bond donors (Lipinski definition) is 2. The van der Waals surface area contributed by atoms with Gasteiger partial charge in [-0.05, 0) is 57.5 Å². The maximum atomic E-state index is 13.7. The quantitative estimate of drug-likeness (QED) is 0.251. The van der Waals surface area contributed by atoms with Gasteiger partial charge in [-0.15, -0.1) is 0 Å². The molecule has 0 radical (unpaired) electrons. The van der Waals surface area contributed by atoms with Gasteiger partial charge < -0.3 is 20.1 Å². The van der Waals surface area contributed by atoms with E-state index in [1.807, 2.05) is 6.92 Å². The maximum Gasteiger partial charge on any atom is 0.319 e. The molecule has 0 aromatic heterocycles. The van der Waals surface area contributed by atoms with Crippen molar-refractivity contribution in [3.8, 4) is 5.75 Å². The normalized spacial score (nSPS) is 11.8. The summed E-state index contributed by atoms with van der Waals surface area (Å²) in [5.74, 6) is -0.277. The minimum atomic E-state index is -0.352. The first kappa shape index (κ1) is 24.1. The zero-order valence-electron chi connectivity index (χ0n) is 17.3. The molecule has 0 bridgehead atoms. The Labute approximate surface area is 168 Å². The van der Waals surface area contributed by atoms with Crippen molar-refractivity contribution in [2.45, 2.75) is 52.0 Å². The fraction of sp³-hybridized carbons (Fsp3) is 0.591. The van der Waals surface area contributed by atoms with Gasteiger partial charge >= 0.3 is 5.97 Å². The SMILES string of the molecule is C=CCOc1cc([C@H](C)NCCCCCCCNCC(=O)OCC)ccc1F. The Hall–Kier alpha value is -1.92. The molecule has 0 saturated carbocycles. The molecule has 5 nitrogen and oxygen atoms in total. The average molecular weight is 395 g/mol. The molecule has 1 rings (SSSR count). The summed E-state index contributed by atoms with van der Waals surface area (Å²) in [6.45, 7) is 10.2. The number of carbonyl (C=O) groups excluding carboxylic acids is 1. The molecule has 6 heteroatoms. The second kappa shape index (κ2) is 15.1. The van der Waals surface area contributed by atoms with Crippen molar-refractivity contribution in [1.29, 1.82) is 0 Å². The standard InChI is InChI=1S/C22H35FN2O3/c1-4-15-28-21-16-19(11-12-20(21)23)18(3)25-14-10-8-6-7-9-13-24-17-22(26)27-5-2/h4,11-12,16,18,24-25H,1,5-10,13-15,17H2,2-3H3/t18-/m0/s1. The second-order valence-electron chi connectivity index (χ2n) is 6.71. The monoisotopic (exact) mass is 394 g/mol. The van der Waals surface area contributed by atoms with Crippen LogP contribution in [-0.2, 0) is 9.53 Å². The van der Waals surface area contributed by atoms with Gasteiger partial charge in [-0.2, -0.15) is 0 Å². The van der Waals surface area contributed by atoms with E-state index in [9.17, 15) is 9.18 Å². The minimum Gasteiger partial charge on any atom is -0.486 e. The molecular formula is C22H35FN2O3. The van der Waals surface area contributed by atoms with Gasteiger partial charge in [-0.1, -0.05) is 38.0 Å². The summed E-state index contributed by atoms with van der Waals surface area (Å²) in [5.41, 5.74) is 1.01. The summed E-state index contributed by atoms with van der Waals surface area (Å²) in [7, 11) is 0. The lowest BCUT2D eigenvalue weighted by atomic mass is 10.1. The molecule has 0 fully saturated rings. The number of nitrogens with one attached hydrogen (secondary N) is 2. The van der Waals surface area contributed by atoms with Gasteiger partial charge in [-0.3, -0.25) is 4.79 Å². The molecule has 2 N–H and O–H groups in total. The van der Waals surface area contributed by atoms with Crippen LogP contribution >= 0.6 is 0 Å². The molecule has 0 spiro atoms. The van der Waals surface area contributed by atoms with Crippen LogP contribution in [0.1, 0.15) is 57.6 Å². The van der Waals surface area contributed by atoms with Crippen LogP contribution in [0.5, 0.6) is 5.75 Å². The van der Waals surface area contributed by atoms with E-state index >= 15 is 0 Å². The summed E-state index contributed by atoms with van der Waals surface area (Å²) in [5, 5.41) is 6.57. The molecular weight excluding hydrogens is 359 g/mol. The Bertz CT molecular complexity index is 581. The summed E-state index contributed by atoms with van der Waals surface area (Å²) < 4.78 is 23.9. The second-order valence-corrected chi connectivity index (χ2v) is 6.71. The van der Waals surface area contributed by atoms with Gasteiger partial charge in [0.25, 0.3) is 0 Å². The van der Waals surface area contributed by atoms with Gasteiger partial charge in [0.1, 0.15) is 6.61 Å². The van der Waals surface area contributed by atoms with Crippen LogP contribution < -0.4 is 15.4 Å². The predicted molar refractivity (Wildman–Crippen MR) is 111 cm³/mol. The fourth-order valence-corrected chi connectivity index (χ4v) is 2.79. The van der Waals surface area contributed by atoms with Crippen molar-refractivity contribution in [1.82, 2.24) is 10.6 Å². The molecule has 0 aliphatic heterocycles. The molecule has 0 amide bonds. The van der Waals surface area contributed by atoms with E-state index in [-0.39, 0.29) is 23.6 Å². The van der Waals surface area contributed by atoms with E-state index in [0.717, 1.165) is 44.3 Å². The van der Waals surface area contributed by atoms with Gasteiger partial charge in [0.2, 0.25) is 0 Å². The average Bonchev–Trinajstić information content (AvgIpc) is 2.68. The first-order valence-corrected chi connectivity index (χ1v) is 10.2. The van der Waals surface area contributed by atoms with Gasteiger partial charge in [0, 0.05) is 6.04 Å². The highest BCUT2D eigenvalue weighted by Gasteiger charge is 2.09. The van der Waals surface area contributed by atoms with E-state index in [2.05, 4.69) is 24.1 Å². The largest absolute Gasteiger partial charge is 0.486 e. The third-order valence-electron chi connectivity index (χ3n) is 4.37. The lowest BCUT2D eigenvalue weighted by Gasteiger charge is -2.16. The molecule has 0 saturated heterocycles. The van der Waals surface area contributed by atoms with Crippen molar-refractivity contribution in [3.63, 3.8) is 0 Å². The number of unbranched alkanes of at least 4 members (excludes halogenated alkanes) is 4. The number of hydrogen-bond acceptors (Lipinski definition) is 5. The lowest BCUT2D eigenvalue weighted by molar-refractivity contribution is -0.141. The maximum absolute atomic E-state index is 13.7. The third kappa shape index (κ3) is 10.4. The van der Waals surface area contributed by atoms with Crippen LogP contribution in [-0.4, -0.2) is 38.8 Å². The van der Waals surface area contributed by atoms with Crippen LogP contribution in [0.15, 0.2) is 30.9 Å². The highest BCUT2D eigenvalue weighted by Crippen LogP contribution is 2.23. The summed E-state index contributed by atoms with van der Waals surface area (Å²) in [6.07, 6.45) is 7.24. The Kier molecular flexibility index (Phi) is 13.0. The molecule has 0 aliphatic carbocycles. The van der Waals surface area contributed by atoms with Gasteiger partial charge in [-0.25, -0.2) is 4.39 Å². The van der Waals surface area contributed by atoms with Crippen LogP contribution in [0.3, 0.4) is 0 Å². The number of carbonyl (C=O) groups is 1. The van der Waals surface area contributed by atoms with Crippen molar-refractivity contribution >= 4 is 5.97 Å². The van der Waals surface area contributed by atoms with E-state index in [4.69, 9.17) is 9.47 Å². The molecule has 0 heterocycles. The fourth-order valence-electron chi connectivity index (χ4n) is 2.79. The first-order valence-electron chi connectivity index (χ1n) is 10.2. The Morgan fingerprint density at radius 3 is 2.64 bits per heavy atom. The van der Waals surface area contributed by atoms with E-state index in [1.165, 1.54) is 12.5 Å². The molecule has 1 aromatic carbocycles. The molecule has 0 aliphatic rings. The van der Waals surface area contributed by atoms with Crippen molar-refractivity contribution in [3.05, 3.63) is 42.2 Å². The minimum absolute atomic E-state index is 0.138. The van der Waals surface area contributed by atoms with Gasteiger partial charge in [0.05, 0.1) is 13.2 Å². The van der Waals surface area contributed by atoms with Gasteiger partial charge in [0.15, 0.2) is 11.6 Å². The third-order valence-corrected chi connectivity index (χ3v) is 4.37. The topological polar surface area (TPSA) is 59.6 Å². The zero-order chi connectivity index (χ0) is 20.6. The van der Waals surface area contributed by atoms with E-state index in [0.29, 0.717) is 19.8 Å². The van der Waals surface area contributed by atoms with Crippen LogP contribution in [0, 0.1) is 5.82 Å². The number of esters is 1. The van der Waals surface area contributed by atoms with Crippen LogP contribution in [0.4, 0.5) is 4.39 Å². The van der Waals surface area contributed by atoms with Crippen LogP contribution in [0.2, 0.25) is 0 Å². The summed E-state index contributed by atoms with van der Waals surface area (Å²) >= 11 is 0. The Morgan fingerprint density at radius 1 is 1.21 bits per heavy atom. The number of benzene rings is 1. The lowest BCUT2D eigenvalue weighted by Crippen LogP contribution is -2.25. The van der Waals surface area contributed by atoms with Crippen molar-refractivity contribution < 1.29 is 18.7 Å². The molecule has 1 aromatic rings. The number of halogens is 1. The summed E-state index contributed by atoms with van der Waals surface area (Å²) in [4.78, 5) is 11.2. The number of rotatable bonds is 16. The summed E-state index contributed by atoms with van der Waals surface area (Å²) in [6, 6.07) is 5.12. The Balaban J connectivity index is 2.10. The Morgan fingerprint density at radius 2 is 1.93 bits per heavy atom. The van der Waals surface area contributed by atoms with E-state index in [1.54, 1.807) is 18.2 Å². The van der Waals surface area contributed by atoms with E-state index < -0.39 is 0 Å². The van der Waals surface area contributed by atoms with Crippen LogP contribution in [0.25, 0.3) is 0 Å². The van der Waals surface area contributed by atoms with Crippen molar-refractivity contribution in [2.75, 3.05) is 32.8 Å². The molecule has 28 heavy (non-hydrogen) atoms. The molecule has 158 valence electrons. The highest BCUT2D eigenvalue weighted by molar-refractivity contribution is 5.71. The smallest absolute Gasteiger partial charge is 0.319 e.